The largest absolute Gasteiger partial charge is 0.367 e. The highest BCUT2D eigenvalue weighted by molar-refractivity contribution is 7.20. The zero-order chi connectivity index (χ0) is 21.4. The van der Waals surface area contributed by atoms with E-state index in [2.05, 4.69) is 15.3 Å². The normalized spacial score (nSPS) is 16.7. The molecule has 0 bridgehead atoms. The molecule has 0 saturated carbocycles. The molecule has 3 heterocycles. The van der Waals surface area contributed by atoms with Gasteiger partial charge in [-0.1, -0.05) is 18.2 Å². The van der Waals surface area contributed by atoms with Crippen molar-refractivity contribution in [3.05, 3.63) is 65.2 Å². The third kappa shape index (κ3) is 3.95. The van der Waals surface area contributed by atoms with Crippen LogP contribution in [0.2, 0.25) is 0 Å². The van der Waals surface area contributed by atoms with Gasteiger partial charge < -0.3 is 10.2 Å². The van der Waals surface area contributed by atoms with Crippen molar-refractivity contribution in [2.24, 2.45) is 0 Å². The van der Waals surface area contributed by atoms with Gasteiger partial charge in [-0.05, 0) is 36.8 Å². The maximum atomic E-state index is 13.5. The Morgan fingerprint density at radius 2 is 1.94 bits per heavy atom. The first-order valence-electron chi connectivity index (χ1n) is 10.2. The minimum absolute atomic E-state index is 0.0221. The molecule has 0 spiro atoms. The maximum Gasteiger partial charge on any atom is 0.264 e. The molecule has 1 unspecified atom stereocenters. The fourth-order valence-corrected chi connectivity index (χ4v) is 5.04. The number of fused-ring (bicyclic) bond motifs is 2. The Labute approximate surface area is 181 Å². The average molecular weight is 439 g/mol. The minimum atomic E-state index is -0.952. The summed E-state index contributed by atoms with van der Waals surface area (Å²) in [5.74, 6) is -1.38. The molecule has 1 amide bonds. The van der Waals surface area contributed by atoms with Crippen LogP contribution in [0.1, 0.15) is 28.9 Å². The van der Waals surface area contributed by atoms with Crippen LogP contribution in [-0.2, 0) is 0 Å². The summed E-state index contributed by atoms with van der Waals surface area (Å²) in [5, 5.41) is 4.30. The quantitative estimate of drug-likeness (QED) is 0.474. The summed E-state index contributed by atoms with van der Waals surface area (Å²) in [6, 6.07) is 12.1. The van der Waals surface area contributed by atoms with E-state index in [1.807, 2.05) is 35.2 Å². The molecule has 0 aliphatic carbocycles. The van der Waals surface area contributed by atoms with E-state index in [0.717, 1.165) is 46.4 Å². The van der Waals surface area contributed by atoms with Gasteiger partial charge >= 0.3 is 0 Å². The fraction of sp³-hybridized carbons (Fsp3) is 0.261. The molecule has 1 saturated heterocycles. The second-order valence-electron chi connectivity index (χ2n) is 7.69. The van der Waals surface area contributed by atoms with Crippen molar-refractivity contribution in [2.45, 2.75) is 25.3 Å². The number of nitrogens with one attached hydrogen (secondary N) is 1. The van der Waals surface area contributed by atoms with Gasteiger partial charge in [-0.3, -0.25) is 9.78 Å². The van der Waals surface area contributed by atoms with E-state index in [-0.39, 0.29) is 17.5 Å². The number of hydrogen-bond acceptors (Lipinski definition) is 5. The van der Waals surface area contributed by atoms with Gasteiger partial charge in [-0.25, -0.2) is 13.8 Å². The van der Waals surface area contributed by atoms with Crippen molar-refractivity contribution < 1.29 is 13.6 Å². The van der Waals surface area contributed by atoms with E-state index in [0.29, 0.717) is 24.4 Å². The lowest BCUT2D eigenvalue weighted by atomic mass is 10.0. The average Bonchev–Trinajstić information content (AvgIpc) is 3.22. The molecule has 0 radical (unpaired) electrons. The number of likely N-dealkylation sites (tertiary alicyclic amines) is 1. The molecule has 2 aromatic carbocycles. The van der Waals surface area contributed by atoms with Crippen LogP contribution in [0.25, 0.3) is 21.1 Å². The van der Waals surface area contributed by atoms with E-state index in [1.165, 1.54) is 17.5 Å². The fourth-order valence-electron chi connectivity index (χ4n) is 4.02. The summed E-state index contributed by atoms with van der Waals surface area (Å²) >= 11 is 1.52. The number of carbonyl (C=O) groups excluding carboxylic acids is 1. The van der Waals surface area contributed by atoms with Gasteiger partial charge in [0.25, 0.3) is 5.91 Å². The Kier molecular flexibility index (Phi) is 5.23. The van der Waals surface area contributed by atoms with Gasteiger partial charge in [0.2, 0.25) is 0 Å². The first kappa shape index (κ1) is 19.8. The van der Waals surface area contributed by atoms with Crippen molar-refractivity contribution in [3.63, 3.8) is 0 Å². The van der Waals surface area contributed by atoms with Crippen LogP contribution in [0.5, 0.6) is 0 Å². The lowest BCUT2D eigenvalue weighted by molar-refractivity contribution is 0.0633. The number of piperidine rings is 1. The third-order valence-electron chi connectivity index (χ3n) is 5.63. The van der Waals surface area contributed by atoms with Crippen LogP contribution in [0.4, 0.5) is 14.6 Å². The van der Waals surface area contributed by atoms with Gasteiger partial charge in [-0.15, -0.1) is 11.3 Å². The van der Waals surface area contributed by atoms with Crippen LogP contribution < -0.4 is 5.32 Å². The van der Waals surface area contributed by atoms with E-state index >= 15 is 0 Å². The maximum absolute atomic E-state index is 13.5. The number of amides is 1. The highest BCUT2D eigenvalue weighted by Crippen LogP contribution is 2.28. The molecule has 158 valence electrons. The molecule has 5 rings (SSSR count). The van der Waals surface area contributed by atoms with E-state index in [4.69, 9.17) is 0 Å². The van der Waals surface area contributed by atoms with Crippen molar-refractivity contribution in [3.8, 4) is 0 Å². The third-order valence-corrected chi connectivity index (χ3v) is 6.73. The molecule has 1 aliphatic heterocycles. The zero-order valence-corrected chi connectivity index (χ0v) is 17.5. The molecule has 1 N–H and O–H groups in total. The molecule has 1 fully saturated rings. The molecule has 31 heavy (non-hydrogen) atoms. The van der Waals surface area contributed by atoms with Crippen LogP contribution in [-0.4, -0.2) is 39.9 Å². The summed E-state index contributed by atoms with van der Waals surface area (Å²) < 4.78 is 28.0. The standard InChI is InChI=1S/C23H20F2N4OS/c24-16-10-18-19(11-17(16)25)28-22(13-26-18)27-12-15-6-3-4-8-29(15)23(30)21-9-14-5-1-2-7-20(14)31-21/h1-2,5,7,9-11,13,15H,3-4,6,8,12H2,(H,27,28). The van der Waals surface area contributed by atoms with E-state index in [1.54, 1.807) is 0 Å². The van der Waals surface area contributed by atoms with Crippen molar-refractivity contribution in [1.82, 2.24) is 14.9 Å². The van der Waals surface area contributed by atoms with Gasteiger partial charge in [0.15, 0.2) is 11.6 Å². The first-order valence-corrected chi connectivity index (χ1v) is 11.1. The topological polar surface area (TPSA) is 58.1 Å². The van der Waals surface area contributed by atoms with Gasteiger partial charge in [-0.2, -0.15) is 0 Å². The number of aromatic nitrogens is 2. The highest BCUT2D eigenvalue weighted by Gasteiger charge is 2.28. The Balaban J connectivity index is 1.33. The monoisotopic (exact) mass is 438 g/mol. The SMILES string of the molecule is O=C(c1cc2ccccc2s1)N1CCCCC1CNc1cnc2cc(F)c(F)cc2n1. The van der Waals surface area contributed by atoms with Gasteiger partial charge in [0.05, 0.1) is 22.1 Å². The number of halogens is 2. The molecular weight excluding hydrogens is 418 g/mol. The summed E-state index contributed by atoms with van der Waals surface area (Å²) in [5.41, 5.74) is 0.578. The lowest BCUT2D eigenvalue weighted by Crippen LogP contribution is -2.46. The summed E-state index contributed by atoms with van der Waals surface area (Å²) in [6.45, 7) is 1.23. The van der Waals surface area contributed by atoms with Crippen LogP contribution in [0.15, 0.2) is 48.7 Å². The Hall–Kier alpha value is -3.13. The Bertz CT molecular complexity index is 1240. The lowest BCUT2D eigenvalue weighted by Gasteiger charge is -2.35. The predicted molar refractivity (Wildman–Crippen MR) is 118 cm³/mol. The first-order chi connectivity index (χ1) is 15.1. The number of hydrogen-bond donors (Lipinski definition) is 1. The number of nitrogens with zero attached hydrogens (tertiary/aromatic N) is 3. The highest BCUT2D eigenvalue weighted by atomic mass is 32.1. The molecule has 5 nitrogen and oxygen atoms in total. The summed E-state index contributed by atoms with van der Waals surface area (Å²) in [4.78, 5) is 24.4. The van der Waals surface area contributed by atoms with Crippen LogP contribution in [0.3, 0.4) is 0 Å². The molecule has 2 aromatic heterocycles. The van der Waals surface area contributed by atoms with Crippen molar-refractivity contribution in [1.29, 1.82) is 0 Å². The second-order valence-corrected chi connectivity index (χ2v) is 8.77. The molecular formula is C23H20F2N4OS. The van der Waals surface area contributed by atoms with Crippen molar-refractivity contribution in [2.75, 3.05) is 18.4 Å². The number of thiophene rings is 1. The molecule has 4 aromatic rings. The Morgan fingerprint density at radius 1 is 1.13 bits per heavy atom. The van der Waals surface area contributed by atoms with E-state index < -0.39 is 11.6 Å². The zero-order valence-electron chi connectivity index (χ0n) is 16.6. The minimum Gasteiger partial charge on any atom is -0.367 e. The molecule has 1 aliphatic rings. The Morgan fingerprint density at radius 3 is 2.77 bits per heavy atom. The molecule has 8 heteroatoms. The summed E-state index contributed by atoms with van der Waals surface area (Å²) in [6.07, 6.45) is 4.43. The van der Waals surface area contributed by atoms with Crippen molar-refractivity contribution >= 4 is 44.2 Å². The predicted octanol–water partition coefficient (Wildman–Crippen LogP) is 5.23. The van der Waals surface area contributed by atoms with Gasteiger partial charge in [0, 0.05) is 36.0 Å². The number of carbonyl (C=O) groups is 1. The number of benzene rings is 2. The smallest absolute Gasteiger partial charge is 0.264 e. The van der Waals surface area contributed by atoms with E-state index in [9.17, 15) is 13.6 Å². The second kappa shape index (κ2) is 8.19. The van der Waals surface area contributed by atoms with Crippen LogP contribution >= 0.6 is 11.3 Å². The molecule has 1 atom stereocenters. The summed E-state index contributed by atoms with van der Waals surface area (Å²) in [7, 11) is 0. The van der Waals surface area contributed by atoms with Gasteiger partial charge in [0.1, 0.15) is 5.82 Å². The number of rotatable bonds is 4. The van der Waals surface area contributed by atoms with Crippen LogP contribution in [0, 0.1) is 11.6 Å². The number of anilines is 1.